The van der Waals surface area contributed by atoms with E-state index < -0.39 is 11.7 Å². The van der Waals surface area contributed by atoms with Crippen LogP contribution in [-0.2, 0) is 6.18 Å². The van der Waals surface area contributed by atoms with Gasteiger partial charge in [0.15, 0.2) is 0 Å². The highest BCUT2D eigenvalue weighted by atomic mass is 19.4. The molecule has 0 fully saturated rings. The largest absolute Gasteiger partial charge is 0.416 e. The van der Waals surface area contributed by atoms with E-state index in [-0.39, 0.29) is 0 Å². The van der Waals surface area contributed by atoms with Crippen molar-refractivity contribution in [1.29, 1.82) is 0 Å². The Morgan fingerprint density at radius 1 is 0.558 bits per heavy atom. The van der Waals surface area contributed by atoms with E-state index in [0.717, 1.165) is 39.3 Å². The number of alkyl halides is 3. The van der Waals surface area contributed by atoms with Crippen LogP contribution < -0.4 is 14.7 Å². The number of para-hydroxylation sites is 3. The van der Waals surface area contributed by atoms with Crippen LogP contribution in [0.1, 0.15) is 5.56 Å². The van der Waals surface area contributed by atoms with Crippen molar-refractivity contribution in [2.75, 3.05) is 35.1 Å². The molecule has 0 atom stereocenters. The molecule has 7 heteroatoms. The maximum atomic E-state index is 14.2. The fraction of sp³-hybridized carbons (Fsp3) is 0.111. The number of hydrogen-bond donors (Lipinski definition) is 0. The van der Waals surface area contributed by atoms with E-state index in [1.807, 2.05) is 101 Å². The normalized spacial score (nSPS) is 14.5. The Labute approximate surface area is 249 Å². The van der Waals surface area contributed by atoms with Crippen LogP contribution in [0.5, 0.6) is 0 Å². The molecule has 2 heterocycles. The van der Waals surface area contributed by atoms with E-state index in [4.69, 9.17) is 0 Å². The maximum Gasteiger partial charge on any atom is 0.416 e. The van der Waals surface area contributed by atoms with Gasteiger partial charge in [0, 0.05) is 41.9 Å². The molecule has 0 aliphatic carbocycles. The van der Waals surface area contributed by atoms with Gasteiger partial charge in [0.25, 0.3) is 0 Å². The number of anilines is 5. The van der Waals surface area contributed by atoms with Crippen molar-refractivity contribution in [3.63, 3.8) is 0 Å². The second kappa shape index (κ2) is 10.6. The first-order chi connectivity index (χ1) is 20.9. The second-order valence-corrected chi connectivity index (χ2v) is 10.8. The summed E-state index contributed by atoms with van der Waals surface area (Å²) >= 11 is 0. The Morgan fingerprint density at radius 2 is 1.12 bits per heavy atom. The second-order valence-electron chi connectivity index (χ2n) is 10.8. The number of rotatable bonds is 5. The fourth-order valence-electron chi connectivity index (χ4n) is 5.94. The zero-order valence-electron chi connectivity index (χ0n) is 23.5. The molecule has 5 aromatic carbocycles. The molecule has 0 saturated carbocycles. The summed E-state index contributed by atoms with van der Waals surface area (Å²) in [7, 11) is 1.90. The Kier molecular flexibility index (Phi) is 6.58. The average Bonchev–Trinajstić information content (AvgIpc) is 3.65. The van der Waals surface area contributed by atoms with Gasteiger partial charge in [-0.3, -0.25) is 0 Å². The molecule has 7 rings (SSSR count). The van der Waals surface area contributed by atoms with Crippen LogP contribution in [0.4, 0.5) is 41.6 Å². The molecule has 0 unspecified atom stereocenters. The molecule has 0 radical (unpaired) electrons. The van der Waals surface area contributed by atoms with Crippen molar-refractivity contribution in [3.05, 3.63) is 139 Å². The molecule has 0 aromatic heterocycles. The molecule has 43 heavy (non-hydrogen) atoms. The van der Waals surface area contributed by atoms with Gasteiger partial charge in [-0.15, -0.1) is 0 Å². The van der Waals surface area contributed by atoms with Crippen molar-refractivity contribution in [1.82, 2.24) is 4.90 Å². The molecule has 4 nitrogen and oxygen atoms in total. The molecule has 214 valence electrons. The first kappa shape index (κ1) is 26.7. The zero-order chi connectivity index (χ0) is 29.6. The minimum atomic E-state index is -4.49. The number of fused-ring (bicyclic) bond motifs is 1. The number of hydrogen-bond acceptors (Lipinski definition) is 4. The zero-order valence-corrected chi connectivity index (χ0v) is 23.5. The molecule has 2 aliphatic heterocycles. The van der Waals surface area contributed by atoms with E-state index in [2.05, 4.69) is 47.4 Å². The highest BCUT2D eigenvalue weighted by molar-refractivity contribution is 5.98. The topological polar surface area (TPSA) is 13.0 Å². The predicted molar refractivity (Wildman–Crippen MR) is 169 cm³/mol. The summed E-state index contributed by atoms with van der Waals surface area (Å²) in [5.41, 5.74) is 7.33. The third-order valence-electron chi connectivity index (χ3n) is 7.97. The molecular weight excluding hydrogens is 545 g/mol. The Balaban J connectivity index is 1.40. The Bertz CT molecular complexity index is 1740. The standard InChI is InChI=1S/C36H29F3N4/c1-40-19-20-41(24-40)29-21-28(36(37,38)39)22-30(23-29)42-25-43(34-18-9-8-17-33(34)42)35-31(26-11-4-2-5-12-26)15-10-16-32(35)27-13-6-3-7-14-27/h2-23H,24-25H2,1H3. The fourth-order valence-corrected chi connectivity index (χ4v) is 5.94. The van der Waals surface area contributed by atoms with Gasteiger partial charge in [0.2, 0.25) is 0 Å². The SMILES string of the molecule is CN1C=CN(c2cc(N3CN(c4c(-c5ccccc5)cccc4-c4ccccc4)c4ccccc43)cc(C(F)(F)F)c2)C1. The van der Waals surface area contributed by atoms with Crippen molar-refractivity contribution in [2.45, 2.75) is 6.18 Å². The van der Waals surface area contributed by atoms with Crippen LogP contribution in [0.15, 0.2) is 134 Å². The number of benzene rings is 5. The molecular formula is C36H29F3N4. The lowest BCUT2D eigenvalue weighted by molar-refractivity contribution is -0.137. The van der Waals surface area contributed by atoms with Gasteiger partial charge < -0.3 is 19.6 Å². The highest BCUT2D eigenvalue weighted by Gasteiger charge is 2.35. The van der Waals surface area contributed by atoms with Crippen molar-refractivity contribution < 1.29 is 13.2 Å². The lowest BCUT2D eigenvalue weighted by Crippen LogP contribution is -2.26. The summed E-state index contributed by atoms with van der Waals surface area (Å²) in [6, 6.07) is 39.0. The van der Waals surface area contributed by atoms with Crippen LogP contribution in [0.2, 0.25) is 0 Å². The van der Waals surface area contributed by atoms with Gasteiger partial charge in [-0.05, 0) is 41.5 Å². The van der Waals surface area contributed by atoms with Gasteiger partial charge in [0.1, 0.15) is 6.67 Å². The summed E-state index contributed by atoms with van der Waals surface area (Å²) < 4.78 is 42.7. The summed E-state index contributed by atoms with van der Waals surface area (Å²) in [6.07, 6.45) is -0.816. The molecule has 5 aromatic rings. The van der Waals surface area contributed by atoms with E-state index in [1.165, 1.54) is 12.1 Å². The third kappa shape index (κ3) is 4.97. The molecule has 0 bridgehead atoms. The van der Waals surface area contributed by atoms with Gasteiger partial charge in [0.05, 0.1) is 29.3 Å². The summed E-state index contributed by atoms with van der Waals surface area (Å²) in [4.78, 5) is 7.97. The highest BCUT2D eigenvalue weighted by Crippen LogP contribution is 2.50. The van der Waals surface area contributed by atoms with Crippen LogP contribution in [0.25, 0.3) is 22.3 Å². The average molecular weight is 575 g/mol. The van der Waals surface area contributed by atoms with E-state index >= 15 is 0 Å². The number of nitrogens with zero attached hydrogens (tertiary/aromatic N) is 4. The first-order valence-corrected chi connectivity index (χ1v) is 14.1. The Morgan fingerprint density at radius 3 is 1.67 bits per heavy atom. The van der Waals surface area contributed by atoms with Gasteiger partial charge in [-0.2, -0.15) is 13.2 Å². The molecule has 2 aliphatic rings. The monoisotopic (exact) mass is 574 g/mol. The minimum Gasteiger partial charge on any atom is -0.361 e. The van der Waals surface area contributed by atoms with Crippen molar-refractivity contribution >= 4 is 28.4 Å². The predicted octanol–water partition coefficient (Wildman–Crippen LogP) is 9.47. The van der Waals surface area contributed by atoms with Crippen LogP contribution in [0.3, 0.4) is 0 Å². The van der Waals surface area contributed by atoms with E-state index in [9.17, 15) is 13.2 Å². The lowest BCUT2D eigenvalue weighted by atomic mass is 9.95. The first-order valence-electron chi connectivity index (χ1n) is 14.1. The lowest BCUT2D eigenvalue weighted by Gasteiger charge is -2.28. The van der Waals surface area contributed by atoms with E-state index in [0.29, 0.717) is 24.7 Å². The quantitative estimate of drug-likeness (QED) is 0.207. The summed E-state index contributed by atoms with van der Waals surface area (Å²) in [6.45, 7) is 0.827. The summed E-state index contributed by atoms with van der Waals surface area (Å²) in [5, 5.41) is 0. The van der Waals surface area contributed by atoms with Crippen LogP contribution in [-0.4, -0.2) is 25.3 Å². The third-order valence-corrected chi connectivity index (χ3v) is 7.97. The smallest absolute Gasteiger partial charge is 0.361 e. The maximum absolute atomic E-state index is 14.2. The van der Waals surface area contributed by atoms with Crippen molar-refractivity contribution in [2.24, 2.45) is 0 Å². The van der Waals surface area contributed by atoms with Gasteiger partial charge in [-0.25, -0.2) is 0 Å². The Hall–Kier alpha value is -5.17. The van der Waals surface area contributed by atoms with Gasteiger partial charge in [-0.1, -0.05) is 91.0 Å². The minimum absolute atomic E-state index is 0.347. The molecule has 0 saturated heterocycles. The summed E-state index contributed by atoms with van der Waals surface area (Å²) in [5.74, 6) is 0. The van der Waals surface area contributed by atoms with Crippen LogP contribution >= 0.6 is 0 Å². The molecule has 0 N–H and O–H groups in total. The molecule has 0 spiro atoms. The van der Waals surface area contributed by atoms with Crippen molar-refractivity contribution in [3.8, 4) is 22.3 Å². The van der Waals surface area contributed by atoms with E-state index in [1.54, 1.807) is 0 Å². The molecule has 0 amide bonds. The van der Waals surface area contributed by atoms with Crippen LogP contribution in [0, 0.1) is 0 Å². The van der Waals surface area contributed by atoms with Gasteiger partial charge >= 0.3 is 6.18 Å². The number of halogens is 3.